The highest BCUT2D eigenvalue weighted by molar-refractivity contribution is 5.85. The summed E-state index contributed by atoms with van der Waals surface area (Å²) in [5, 5.41) is 0. The Hall–Kier alpha value is -0.570. The van der Waals surface area contributed by atoms with Crippen LogP contribution in [-0.2, 0) is 14.3 Å². The normalized spacial score (nSPS) is 39.4. The van der Waals surface area contributed by atoms with Crippen LogP contribution in [0.4, 0.5) is 0 Å². The van der Waals surface area contributed by atoms with Crippen LogP contribution in [0.1, 0.15) is 53.4 Å². The van der Waals surface area contributed by atoms with Gasteiger partial charge in [0.25, 0.3) is 0 Å². The van der Waals surface area contributed by atoms with Crippen LogP contribution in [0.3, 0.4) is 0 Å². The lowest BCUT2D eigenvalue weighted by atomic mass is 9.61. The summed E-state index contributed by atoms with van der Waals surface area (Å²) in [6.07, 6.45) is 4.48. The molecular formula is C14H24O3. The summed E-state index contributed by atoms with van der Waals surface area (Å²) in [5.41, 5.74) is -0.936. The SMILES string of the molecule is COC(=O)C1(C(C)C)OC12CCCCC2(C)C. The Morgan fingerprint density at radius 2 is 1.82 bits per heavy atom. The maximum Gasteiger partial charge on any atom is 0.341 e. The first-order chi connectivity index (χ1) is 7.84. The zero-order valence-electron chi connectivity index (χ0n) is 11.6. The van der Waals surface area contributed by atoms with E-state index < -0.39 is 5.60 Å². The molecule has 0 aromatic carbocycles. The number of epoxide rings is 1. The summed E-state index contributed by atoms with van der Waals surface area (Å²) in [6, 6.07) is 0. The molecule has 1 saturated heterocycles. The Bertz CT molecular complexity index is 334. The summed E-state index contributed by atoms with van der Waals surface area (Å²) in [5.74, 6) is -0.0326. The molecule has 2 unspecified atom stereocenters. The molecule has 2 fully saturated rings. The van der Waals surface area contributed by atoms with E-state index in [1.54, 1.807) is 0 Å². The van der Waals surface area contributed by atoms with Gasteiger partial charge in [0.05, 0.1) is 7.11 Å². The quantitative estimate of drug-likeness (QED) is 0.550. The highest BCUT2D eigenvalue weighted by atomic mass is 16.7. The number of ether oxygens (including phenoxy) is 2. The molecule has 0 aromatic heterocycles. The van der Waals surface area contributed by atoms with E-state index in [-0.39, 0.29) is 22.9 Å². The fraction of sp³-hybridized carbons (Fsp3) is 0.929. The predicted octanol–water partition coefficient (Wildman–Crippen LogP) is 2.92. The number of esters is 1. The van der Waals surface area contributed by atoms with Crippen LogP contribution < -0.4 is 0 Å². The smallest absolute Gasteiger partial charge is 0.341 e. The van der Waals surface area contributed by atoms with Crippen molar-refractivity contribution < 1.29 is 14.3 Å². The molecule has 1 aliphatic heterocycles. The van der Waals surface area contributed by atoms with Crippen LogP contribution >= 0.6 is 0 Å². The molecule has 17 heavy (non-hydrogen) atoms. The Labute approximate surface area is 104 Å². The maximum atomic E-state index is 12.2. The third kappa shape index (κ3) is 1.41. The van der Waals surface area contributed by atoms with Crippen LogP contribution in [0.25, 0.3) is 0 Å². The van der Waals surface area contributed by atoms with Gasteiger partial charge in [-0.1, -0.05) is 40.5 Å². The van der Waals surface area contributed by atoms with Gasteiger partial charge in [-0.05, 0) is 24.2 Å². The van der Waals surface area contributed by atoms with Crippen molar-refractivity contribution in [2.24, 2.45) is 11.3 Å². The lowest BCUT2D eigenvalue weighted by Crippen LogP contribution is -2.48. The summed E-state index contributed by atoms with van der Waals surface area (Å²) in [6.45, 7) is 8.55. The molecule has 1 saturated carbocycles. The van der Waals surface area contributed by atoms with Gasteiger partial charge in [0.15, 0.2) is 5.60 Å². The number of carbonyl (C=O) groups is 1. The second-order valence-corrected chi connectivity index (χ2v) is 6.40. The van der Waals surface area contributed by atoms with Crippen molar-refractivity contribution in [2.45, 2.75) is 64.6 Å². The van der Waals surface area contributed by atoms with E-state index >= 15 is 0 Å². The van der Waals surface area contributed by atoms with Gasteiger partial charge in [-0.2, -0.15) is 0 Å². The minimum absolute atomic E-state index is 0.0592. The van der Waals surface area contributed by atoms with Crippen molar-refractivity contribution in [3.8, 4) is 0 Å². The molecule has 0 radical (unpaired) electrons. The largest absolute Gasteiger partial charge is 0.467 e. The summed E-state index contributed by atoms with van der Waals surface area (Å²) < 4.78 is 11.1. The highest BCUT2D eigenvalue weighted by Crippen LogP contribution is 2.67. The van der Waals surface area contributed by atoms with Gasteiger partial charge >= 0.3 is 5.97 Å². The zero-order valence-corrected chi connectivity index (χ0v) is 11.6. The number of hydrogen-bond acceptors (Lipinski definition) is 3. The van der Waals surface area contributed by atoms with E-state index in [1.807, 2.05) is 0 Å². The molecule has 98 valence electrons. The van der Waals surface area contributed by atoms with Gasteiger partial charge < -0.3 is 9.47 Å². The molecule has 3 nitrogen and oxygen atoms in total. The molecule has 0 amide bonds. The summed E-state index contributed by atoms with van der Waals surface area (Å²) >= 11 is 0. The van der Waals surface area contributed by atoms with E-state index in [2.05, 4.69) is 27.7 Å². The molecule has 0 aromatic rings. The molecule has 1 heterocycles. The maximum absolute atomic E-state index is 12.2. The lowest BCUT2D eigenvalue weighted by molar-refractivity contribution is -0.149. The minimum atomic E-state index is -0.703. The first-order valence-corrected chi connectivity index (χ1v) is 6.63. The zero-order chi connectivity index (χ0) is 12.9. The van der Waals surface area contributed by atoms with Crippen molar-refractivity contribution in [2.75, 3.05) is 7.11 Å². The Kier molecular flexibility index (Phi) is 2.81. The standard InChI is InChI=1S/C14H24O3/c1-10(2)14(11(15)16-5)13(17-14)9-7-6-8-12(13,3)4/h10H,6-9H2,1-5H3. The average Bonchev–Trinajstić information content (AvgIpc) is 2.94. The number of carbonyl (C=O) groups excluding carboxylic acids is 1. The van der Waals surface area contributed by atoms with Crippen LogP contribution in [0.5, 0.6) is 0 Å². The Balaban J connectivity index is 2.38. The second-order valence-electron chi connectivity index (χ2n) is 6.40. The first-order valence-electron chi connectivity index (χ1n) is 6.63. The molecule has 1 aliphatic carbocycles. The van der Waals surface area contributed by atoms with E-state index in [9.17, 15) is 4.79 Å². The van der Waals surface area contributed by atoms with Gasteiger partial charge in [0.2, 0.25) is 0 Å². The number of rotatable bonds is 2. The molecule has 0 bridgehead atoms. The lowest BCUT2D eigenvalue weighted by Gasteiger charge is -2.39. The molecule has 0 N–H and O–H groups in total. The monoisotopic (exact) mass is 240 g/mol. The molecule has 3 heteroatoms. The van der Waals surface area contributed by atoms with Crippen molar-refractivity contribution >= 4 is 5.97 Å². The number of hydrogen-bond donors (Lipinski definition) is 0. The van der Waals surface area contributed by atoms with Gasteiger partial charge in [0.1, 0.15) is 5.60 Å². The van der Waals surface area contributed by atoms with Crippen molar-refractivity contribution in [1.29, 1.82) is 0 Å². The first kappa shape index (κ1) is 12.9. The van der Waals surface area contributed by atoms with Gasteiger partial charge in [-0.25, -0.2) is 4.79 Å². The molecule has 2 rings (SSSR count). The van der Waals surface area contributed by atoms with E-state index in [0.717, 1.165) is 19.3 Å². The average molecular weight is 240 g/mol. The fourth-order valence-electron chi connectivity index (χ4n) is 3.79. The van der Waals surface area contributed by atoms with Crippen LogP contribution in [0.15, 0.2) is 0 Å². The van der Waals surface area contributed by atoms with Crippen molar-refractivity contribution in [3.63, 3.8) is 0 Å². The molecule has 1 spiro atoms. The third-order valence-corrected chi connectivity index (χ3v) is 4.87. The van der Waals surface area contributed by atoms with E-state index in [4.69, 9.17) is 9.47 Å². The van der Waals surface area contributed by atoms with Gasteiger partial charge in [0, 0.05) is 0 Å². The molecule has 2 aliphatic rings. The minimum Gasteiger partial charge on any atom is -0.467 e. The van der Waals surface area contributed by atoms with Gasteiger partial charge in [-0.15, -0.1) is 0 Å². The van der Waals surface area contributed by atoms with Crippen LogP contribution in [0.2, 0.25) is 0 Å². The Morgan fingerprint density at radius 1 is 1.24 bits per heavy atom. The number of methoxy groups -OCH3 is 1. The predicted molar refractivity (Wildman–Crippen MR) is 65.7 cm³/mol. The Morgan fingerprint density at radius 3 is 2.29 bits per heavy atom. The van der Waals surface area contributed by atoms with Crippen molar-refractivity contribution in [1.82, 2.24) is 0 Å². The van der Waals surface area contributed by atoms with Gasteiger partial charge in [-0.3, -0.25) is 0 Å². The summed E-state index contributed by atoms with van der Waals surface area (Å²) in [7, 11) is 1.46. The van der Waals surface area contributed by atoms with Crippen LogP contribution in [-0.4, -0.2) is 24.3 Å². The molecule has 2 atom stereocenters. The van der Waals surface area contributed by atoms with Crippen LogP contribution in [0, 0.1) is 11.3 Å². The molecular weight excluding hydrogens is 216 g/mol. The second kappa shape index (κ2) is 3.71. The third-order valence-electron chi connectivity index (χ3n) is 4.87. The van der Waals surface area contributed by atoms with E-state index in [0.29, 0.717) is 0 Å². The fourth-order valence-corrected chi connectivity index (χ4v) is 3.79. The highest BCUT2D eigenvalue weighted by Gasteiger charge is 2.81. The topological polar surface area (TPSA) is 38.8 Å². The van der Waals surface area contributed by atoms with E-state index in [1.165, 1.54) is 13.5 Å². The summed E-state index contributed by atoms with van der Waals surface area (Å²) in [4.78, 5) is 12.2. The van der Waals surface area contributed by atoms with Crippen molar-refractivity contribution in [3.05, 3.63) is 0 Å².